The van der Waals surface area contributed by atoms with Crippen molar-refractivity contribution in [3.63, 3.8) is 0 Å². The number of hydrogen-bond acceptors (Lipinski definition) is 5. The smallest absolute Gasteiger partial charge is 0.337 e. The van der Waals surface area contributed by atoms with E-state index in [4.69, 9.17) is 9.47 Å². The van der Waals surface area contributed by atoms with Gasteiger partial charge >= 0.3 is 5.97 Å². The standard InChI is InChI=1S/C25H20N2O4/c1-30-25(29)16-9-10-23-20(13-16)19(18-6-3-2-5-17(18)14-31-23)11-12-27-15-26-24-21(27)7-4-8-22(24)28/h2-11,13,15,28H,12,14H2,1H3/b19-11+. The van der Waals surface area contributed by atoms with Crippen LogP contribution in [0, 0.1) is 0 Å². The second-order valence-electron chi connectivity index (χ2n) is 7.31. The Morgan fingerprint density at radius 2 is 2.03 bits per heavy atom. The number of aromatic nitrogens is 2. The van der Waals surface area contributed by atoms with Gasteiger partial charge in [0, 0.05) is 12.1 Å². The fraction of sp³-hybridized carbons (Fsp3) is 0.120. The molecule has 5 rings (SSSR count). The fourth-order valence-electron chi connectivity index (χ4n) is 3.95. The van der Waals surface area contributed by atoms with Gasteiger partial charge in [0.1, 0.15) is 23.6 Å². The van der Waals surface area contributed by atoms with Gasteiger partial charge in [-0.05, 0) is 47.0 Å². The van der Waals surface area contributed by atoms with E-state index in [1.807, 2.05) is 41.0 Å². The maximum absolute atomic E-state index is 12.1. The van der Waals surface area contributed by atoms with Gasteiger partial charge < -0.3 is 19.1 Å². The molecule has 0 saturated carbocycles. The Kier molecular flexibility index (Phi) is 4.67. The third-order valence-corrected chi connectivity index (χ3v) is 5.50. The number of allylic oxidation sites excluding steroid dienone is 1. The second-order valence-corrected chi connectivity index (χ2v) is 7.31. The summed E-state index contributed by atoms with van der Waals surface area (Å²) in [5, 5.41) is 10.1. The van der Waals surface area contributed by atoms with Gasteiger partial charge in [0.2, 0.25) is 0 Å². The molecule has 6 nitrogen and oxygen atoms in total. The van der Waals surface area contributed by atoms with Crippen LogP contribution in [0.2, 0.25) is 0 Å². The first-order valence-electron chi connectivity index (χ1n) is 9.92. The molecular weight excluding hydrogens is 392 g/mol. The molecule has 1 aliphatic heterocycles. The molecular formula is C25H20N2O4. The van der Waals surface area contributed by atoms with E-state index in [0.717, 1.165) is 27.8 Å². The highest BCUT2D eigenvalue weighted by atomic mass is 16.5. The summed E-state index contributed by atoms with van der Waals surface area (Å²) in [4.78, 5) is 16.5. The molecule has 0 saturated heterocycles. The summed E-state index contributed by atoms with van der Waals surface area (Å²) in [5.41, 5.74) is 5.80. The number of phenolic OH excluding ortho intramolecular Hbond substituents is 1. The lowest BCUT2D eigenvalue weighted by Gasteiger charge is -2.12. The number of esters is 1. The third kappa shape index (κ3) is 3.32. The van der Waals surface area contributed by atoms with E-state index in [2.05, 4.69) is 17.1 Å². The van der Waals surface area contributed by atoms with E-state index in [9.17, 15) is 9.90 Å². The number of hydrogen-bond donors (Lipinski definition) is 1. The molecule has 1 aliphatic rings. The number of ether oxygens (including phenoxy) is 2. The Bertz CT molecular complexity index is 1340. The van der Waals surface area contributed by atoms with Crippen LogP contribution in [-0.4, -0.2) is 27.7 Å². The highest BCUT2D eigenvalue weighted by Gasteiger charge is 2.21. The van der Waals surface area contributed by atoms with Gasteiger partial charge in [0.25, 0.3) is 0 Å². The molecule has 154 valence electrons. The Hall–Kier alpha value is -4.06. The number of para-hydroxylation sites is 1. The van der Waals surface area contributed by atoms with Crippen molar-refractivity contribution in [1.82, 2.24) is 9.55 Å². The Morgan fingerprint density at radius 3 is 2.90 bits per heavy atom. The van der Waals surface area contributed by atoms with Crippen molar-refractivity contribution >= 4 is 22.6 Å². The normalized spacial score (nSPS) is 13.9. The van der Waals surface area contributed by atoms with Crippen LogP contribution >= 0.6 is 0 Å². The number of fused-ring (bicyclic) bond motifs is 3. The van der Waals surface area contributed by atoms with E-state index >= 15 is 0 Å². The quantitative estimate of drug-likeness (QED) is 0.500. The van der Waals surface area contributed by atoms with Crippen molar-refractivity contribution in [3.05, 3.63) is 95.3 Å². The van der Waals surface area contributed by atoms with Gasteiger partial charge in [-0.1, -0.05) is 36.4 Å². The molecule has 0 radical (unpaired) electrons. The van der Waals surface area contributed by atoms with Crippen LogP contribution in [0.1, 0.15) is 27.0 Å². The molecule has 6 heteroatoms. The molecule has 1 N–H and O–H groups in total. The highest BCUT2D eigenvalue weighted by molar-refractivity contribution is 5.93. The van der Waals surface area contributed by atoms with E-state index in [0.29, 0.717) is 30.0 Å². The lowest BCUT2D eigenvalue weighted by molar-refractivity contribution is 0.0600. The highest BCUT2D eigenvalue weighted by Crippen LogP contribution is 2.37. The summed E-state index contributed by atoms with van der Waals surface area (Å²) in [6.45, 7) is 0.978. The third-order valence-electron chi connectivity index (χ3n) is 5.50. The first kappa shape index (κ1) is 18.9. The van der Waals surface area contributed by atoms with Gasteiger partial charge in [-0.25, -0.2) is 9.78 Å². The number of phenols is 1. The van der Waals surface area contributed by atoms with Gasteiger partial charge in [0.15, 0.2) is 0 Å². The average molecular weight is 412 g/mol. The lowest BCUT2D eigenvalue weighted by Crippen LogP contribution is -2.03. The van der Waals surface area contributed by atoms with Crippen molar-refractivity contribution < 1.29 is 19.4 Å². The van der Waals surface area contributed by atoms with E-state index < -0.39 is 5.97 Å². The molecule has 0 bridgehead atoms. The number of methoxy groups -OCH3 is 1. The maximum atomic E-state index is 12.1. The maximum Gasteiger partial charge on any atom is 0.337 e. The average Bonchev–Trinajstić information content (AvgIpc) is 3.15. The van der Waals surface area contributed by atoms with Crippen LogP contribution < -0.4 is 4.74 Å². The molecule has 0 spiro atoms. The molecule has 0 amide bonds. The molecule has 4 aromatic rings. The first-order chi connectivity index (χ1) is 15.2. The molecule has 31 heavy (non-hydrogen) atoms. The molecule has 0 fully saturated rings. The van der Waals surface area contributed by atoms with Gasteiger partial charge in [-0.3, -0.25) is 0 Å². The summed E-state index contributed by atoms with van der Waals surface area (Å²) >= 11 is 0. The molecule has 1 aromatic heterocycles. The number of imidazole rings is 1. The predicted molar refractivity (Wildman–Crippen MR) is 117 cm³/mol. The second kappa shape index (κ2) is 7.65. The van der Waals surface area contributed by atoms with E-state index in [1.165, 1.54) is 7.11 Å². The van der Waals surface area contributed by atoms with Gasteiger partial charge in [-0.15, -0.1) is 0 Å². The van der Waals surface area contributed by atoms with Crippen LogP contribution in [0.3, 0.4) is 0 Å². The number of carbonyl (C=O) groups is 1. The first-order valence-corrected chi connectivity index (χ1v) is 9.92. The Morgan fingerprint density at radius 1 is 1.16 bits per heavy atom. The van der Waals surface area contributed by atoms with Crippen LogP contribution in [0.25, 0.3) is 16.6 Å². The van der Waals surface area contributed by atoms with Crippen LogP contribution in [0.15, 0.2) is 73.1 Å². The molecule has 2 heterocycles. The zero-order valence-electron chi connectivity index (χ0n) is 16.9. The fourth-order valence-corrected chi connectivity index (χ4v) is 3.95. The van der Waals surface area contributed by atoms with Crippen LogP contribution in [0.4, 0.5) is 0 Å². The van der Waals surface area contributed by atoms with Gasteiger partial charge in [-0.2, -0.15) is 0 Å². The van der Waals surface area contributed by atoms with Crippen molar-refractivity contribution in [2.75, 3.05) is 7.11 Å². The number of rotatable bonds is 3. The molecule has 0 unspecified atom stereocenters. The Balaban J connectivity index is 1.65. The Labute approximate surface area is 179 Å². The number of benzene rings is 3. The SMILES string of the molecule is COC(=O)c1ccc2c(c1)/C(=C/Cn1cnc3c(O)cccc31)c1ccccc1CO2. The minimum atomic E-state index is -0.393. The van der Waals surface area contributed by atoms with Crippen LogP contribution in [0.5, 0.6) is 11.5 Å². The minimum Gasteiger partial charge on any atom is -0.506 e. The lowest BCUT2D eigenvalue weighted by atomic mass is 9.93. The largest absolute Gasteiger partial charge is 0.506 e. The zero-order chi connectivity index (χ0) is 21.4. The molecule has 3 aromatic carbocycles. The summed E-state index contributed by atoms with van der Waals surface area (Å²) in [6, 6.07) is 18.8. The predicted octanol–water partition coefficient (Wildman–Crippen LogP) is 4.55. The van der Waals surface area contributed by atoms with Crippen molar-refractivity contribution in [2.24, 2.45) is 0 Å². The minimum absolute atomic E-state index is 0.158. The molecule has 0 aliphatic carbocycles. The summed E-state index contributed by atoms with van der Waals surface area (Å²) in [6.07, 6.45) is 3.81. The number of aromatic hydroxyl groups is 1. The number of carbonyl (C=O) groups excluding carboxylic acids is 1. The van der Waals surface area contributed by atoms with Crippen molar-refractivity contribution in [3.8, 4) is 11.5 Å². The van der Waals surface area contributed by atoms with Crippen molar-refractivity contribution in [1.29, 1.82) is 0 Å². The number of nitrogens with zero attached hydrogens (tertiary/aromatic N) is 2. The van der Waals surface area contributed by atoms with E-state index in [1.54, 1.807) is 24.5 Å². The summed E-state index contributed by atoms with van der Waals surface area (Å²) in [7, 11) is 1.37. The molecule has 0 atom stereocenters. The summed E-state index contributed by atoms with van der Waals surface area (Å²) < 4.78 is 12.9. The van der Waals surface area contributed by atoms with Crippen LogP contribution in [-0.2, 0) is 17.9 Å². The van der Waals surface area contributed by atoms with Crippen molar-refractivity contribution in [2.45, 2.75) is 13.2 Å². The monoisotopic (exact) mass is 412 g/mol. The van der Waals surface area contributed by atoms with E-state index in [-0.39, 0.29) is 5.75 Å². The zero-order valence-corrected chi connectivity index (χ0v) is 16.9. The topological polar surface area (TPSA) is 73.6 Å². The van der Waals surface area contributed by atoms with Gasteiger partial charge in [0.05, 0.1) is 24.5 Å². The summed E-state index contributed by atoms with van der Waals surface area (Å²) in [5.74, 6) is 0.476.